The first-order valence-electron chi connectivity index (χ1n) is 6.41. The van der Waals surface area contributed by atoms with Gasteiger partial charge in [-0.15, -0.1) is 0 Å². The first-order valence-corrected chi connectivity index (χ1v) is 6.81. The first-order chi connectivity index (χ1) is 9.61. The van der Waals surface area contributed by atoms with Gasteiger partial charge in [0.05, 0.1) is 0 Å². The van der Waals surface area contributed by atoms with Gasteiger partial charge < -0.3 is 11.1 Å². The molecule has 2 rings (SSSR count). The summed E-state index contributed by atoms with van der Waals surface area (Å²) in [7, 11) is 0. The molecule has 0 heterocycles. The highest BCUT2D eigenvalue weighted by Gasteiger charge is 2.09. The van der Waals surface area contributed by atoms with E-state index >= 15 is 0 Å². The van der Waals surface area contributed by atoms with Crippen LogP contribution >= 0.6 is 12.2 Å². The Morgan fingerprint density at radius 3 is 2.40 bits per heavy atom. The Kier molecular flexibility index (Phi) is 4.48. The molecule has 0 atom stereocenters. The summed E-state index contributed by atoms with van der Waals surface area (Å²) < 4.78 is 0. The molecule has 0 saturated heterocycles. The fourth-order valence-electron chi connectivity index (χ4n) is 1.97. The van der Waals surface area contributed by atoms with E-state index in [0.29, 0.717) is 10.6 Å². The Balaban J connectivity index is 2.17. The van der Waals surface area contributed by atoms with Gasteiger partial charge in [-0.2, -0.15) is 0 Å². The summed E-state index contributed by atoms with van der Waals surface area (Å²) in [4.78, 5) is 12.6. The Hall–Kier alpha value is -2.20. The maximum absolute atomic E-state index is 12.3. The number of anilines is 1. The average Bonchev–Trinajstić information content (AvgIpc) is 2.47. The molecule has 0 saturated carbocycles. The molecule has 102 valence electrons. The molecule has 0 fully saturated rings. The quantitative estimate of drug-likeness (QED) is 0.848. The molecule has 20 heavy (non-hydrogen) atoms. The van der Waals surface area contributed by atoms with Crippen LogP contribution in [0.25, 0.3) is 0 Å². The summed E-state index contributed by atoms with van der Waals surface area (Å²) in [5, 5.41) is 2.88. The van der Waals surface area contributed by atoms with Crippen LogP contribution < -0.4 is 11.1 Å². The van der Waals surface area contributed by atoms with E-state index in [1.165, 1.54) is 0 Å². The molecule has 0 radical (unpaired) electrons. The van der Waals surface area contributed by atoms with Crippen molar-refractivity contribution >= 4 is 28.8 Å². The molecule has 0 aliphatic carbocycles. The van der Waals surface area contributed by atoms with Crippen LogP contribution in [-0.2, 0) is 6.42 Å². The van der Waals surface area contributed by atoms with Gasteiger partial charge in [0, 0.05) is 16.8 Å². The maximum Gasteiger partial charge on any atom is 0.255 e. The largest absolute Gasteiger partial charge is 0.389 e. The highest BCUT2D eigenvalue weighted by atomic mass is 32.1. The van der Waals surface area contributed by atoms with E-state index < -0.39 is 0 Å². The van der Waals surface area contributed by atoms with Crippen LogP contribution in [0, 0.1) is 0 Å². The van der Waals surface area contributed by atoms with Crippen LogP contribution in [0.3, 0.4) is 0 Å². The van der Waals surface area contributed by atoms with Gasteiger partial charge in [0.25, 0.3) is 5.91 Å². The molecule has 3 N–H and O–H groups in total. The van der Waals surface area contributed by atoms with E-state index in [4.69, 9.17) is 18.0 Å². The predicted octanol–water partition coefficient (Wildman–Crippen LogP) is 3.14. The lowest BCUT2D eigenvalue weighted by Crippen LogP contribution is -2.14. The Bertz CT molecular complexity index is 635. The van der Waals surface area contributed by atoms with Crippen LogP contribution in [0.2, 0.25) is 0 Å². The van der Waals surface area contributed by atoms with Crippen molar-refractivity contribution in [1.82, 2.24) is 0 Å². The molecule has 2 aromatic carbocycles. The topological polar surface area (TPSA) is 55.1 Å². The van der Waals surface area contributed by atoms with Crippen LogP contribution in [0.5, 0.6) is 0 Å². The van der Waals surface area contributed by atoms with Crippen LogP contribution in [0.15, 0.2) is 48.5 Å². The number of carbonyl (C=O) groups excluding carboxylic acids is 1. The van der Waals surface area contributed by atoms with Crippen molar-refractivity contribution in [2.24, 2.45) is 5.73 Å². The van der Waals surface area contributed by atoms with Gasteiger partial charge in [-0.25, -0.2) is 0 Å². The Morgan fingerprint density at radius 2 is 1.80 bits per heavy atom. The zero-order valence-corrected chi connectivity index (χ0v) is 12.0. The first kappa shape index (κ1) is 14.2. The normalized spacial score (nSPS) is 10.1. The van der Waals surface area contributed by atoms with Gasteiger partial charge >= 0.3 is 0 Å². The molecule has 0 spiro atoms. The minimum atomic E-state index is -0.106. The van der Waals surface area contributed by atoms with E-state index in [0.717, 1.165) is 23.2 Å². The van der Waals surface area contributed by atoms with Crippen molar-refractivity contribution in [3.05, 3.63) is 65.2 Å². The highest BCUT2D eigenvalue weighted by Crippen LogP contribution is 2.14. The van der Waals surface area contributed by atoms with Gasteiger partial charge in [0.15, 0.2) is 0 Å². The predicted molar refractivity (Wildman–Crippen MR) is 86.1 cm³/mol. The smallest absolute Gasteiger partial charge is 0.255 e. The molecule has 0 unspecified atom stereocenters. The lowest BCUT2D eigenvalue weighted by atomic mass is 10.0. The van der Waals surface area contributed by atoms with Crippen molar-refractivity contribution in [1.29, 1.82) is 0 Å². The minimum absolute atomic E-state index is 0.106. The van der Waals surface area contributed by atoms with Crippen molar-refractivity contribution in [3.8, 4) is 0 Å². The summed E-state index contributed by atoms with van der Waals surface area (Å²) in [6, 6.07) is 14.8. The van der Waals surface area contributed by atoms with E-state index in [9.17, 15) is 4.79 Å². The molecule has 3 nitrogen and oxygen atoms in total. The van der Waals surface area contributed by atoms with Crippen LogP contribution in [-0.4, -0.2) is 10.9 Å². The van der Waals surface area contributed by atoms with Gasteiger partial charge in [-0.1, -0.05) is 37.3 Å². The molecule has 0 aliphatic heterocycles. The molecule has 1 amide bonds. The second-order valence-electron chi connectivity index (χ2n) is 4.41. The zero-order chi connectivity index (χ0) is 14.5. The molecule has 2 aromatic rings. The number of carbonyl (C=O) groups is 1. The number of amides is 1. The number of aryl methyl sites for hydroxylation is 1. The third-order valence-corrected chi connectivity index (χ3v) is 3.31. The molecule has 0 aliphatic rings. The molecule has 0 bridgehead atoms. The number of nitrogens with one attached hydrogen (secondary N) is 1. The summed E-state index contributed by atoms with van der Waals surface area (Å²) in [6.45, 7) is 2.03. The third-order valence-electron chi connectivity index (χ3n) is 3.07. The van der Waals surface area contributed by atoms with E-state index in [1.54, 1.807) is 24.3 Å². The average molecular weight is 284 g/mol. The van der Waals surface area contributed by atoms with Crippen molar-refractivity contribution < 1.29 is 4.79 Å². The fourth-order valence-corrected chi connectivity index (χ4v) is 2.10. The van der Waals surface area contributed by atoms with Crippen LogP contribution in [0.1, 0.15) is 28.4 Å². The number of nitrogens with two attached hydrogens (primary N) is 1. The maximum atomic E-state index is 12.3. The molecule has 0 aromatic heterocycles. The highest BCUT2D eigenvalue weighted by molar-refractivity contribution is 7.80. The van der Waals surface area contributed by atoms with Crippen molar-refractivity contribution in [3.63, 3.8) is 0 Å². The second-order valence-corrected chi connectivity index (χ2v) is 4.85. The number of hydrogen-bond donors (Lipinski definition) is 2. The monoisotopic (exact) mass is 284 g/mol. The summed E-state index contributed by atoms with van der Waals surface area (Å²) in [5.41, 5.74) is 8.78. The summed E-state index contributed by atoms with van der Waals surface area (Å²) >= 11 is 4.89. The molecular formula is C16H16N2OS. The number of rotatable bonds is 4. The van der Waals surface area contributed by atoms with Crippen molar-refractivity contribution in [2.75, 3.05) is 5.32 Å². The fraction of sp³-hybridized carbons (Fsp3) is 0.125. The minimum Gasteiger partial charge on any atom is -0.389 e. The molecule has 4 heteroatoms. The van der Waals surface area contributed by atoms with Gasteiger partial charge in [0.1, 0.15) is 4.99 Å². The Morgan fingerprint density at radius 1 is 1.15 bits per heavy atom. The SMILES string of the molecule is CCc1ccccc1C(=O)Nc1ccc(C(N)=S)cc1. The second kappa shape index (κ2) is 6.30. The number of hydrogen-bond acceptors (Lipinski definition) is 2. The van der Waals surface area contributed by atoms with E-state index in [-0.39, 0.29) is 5.91 Å². The standard InChI is InChI=1S/C16H16N2OS/c1-2-11-5-3-4-6-14(11)16(19)18-13-9-7-12(8-10-13)15(17)20/h3-10H,2H2,1H3,(H2,17,20)(H,18,19). The van der Waals surface area contributed by atoms with Crippen molar-refractivity contribution in [2.45, 2.75) is 13.3 Å². The Labute approximate surface area is 123 Å². The zero-order valence-electron chi connectivity index (χ0n) is 11.2. The van der Waals surface area contributed by atoms with Gasteiger partial charge in [0.2, 0.25) is 0 Å². The number of benzene rings is 2. The number of thiocarbonyl (C=S) groups is 1. The molecular weight excluding hydrogens is 268 g/mol. The van der Waals surface area contributed by atoms with Gasteiger partial charge in [-0.3, -0.25) is 4.79 Å². The third kappa shape index (κ3) is 3.22. The van der Waals surface area contributed by atoms with Gasteiger partial charge in [-0.05, 0) is 42.3 Å². The van der Waals surface area contributed by atoms with Crippen LogP contribution in [0.4, 0.5) is 5.69 Å². The lowest BCUT2D eigenvalue weighted by Gasteiger charge is -2.09. The lowest BCUT2D eigenvalue weighted by molar-refractivity contribution is 0.102. The van der Waals surface area contributed by atoms with E-state index in [1.807, 2.05) is 31.2 Å². The van der Waals surface area contributed by atoms with E-state index in [2.05, 4.69) is 5.32 Å². The summed E-state index contributed by atoms with van der Waals surface area (Å²) in [5.74, 6) is -0.106. The summed E-state index contributed by atoms with van der Waals surface area (Å²) in [6.07, 6.45) is 0.823.